The van der Waals surface area contributed by atoms with Crippen molar-refractivity contribution < 1.29 is 4.39 Å². The van der Waals surface area contributed by atoms with Crippen molar-refractivity contribution in [1.29, 1.82) is 0 Å². The Labute approximate surface area is 137 Å². The number of hydrogen-bond donors (Lipinski definition) is 1. The summed E-state index contributed by atoms with van der Waals surface area (Å²) in [6.45, 7) is 7.62. The zero-order valence-electron chi connectivity index (χ0n) is 13.8. The van der Waals surface area contributed by atoms with Gasteiger partial charge in [-0.1, -0.05) is 26.0 Å². The van der Waals surface area contributed by atoms with Crippen LogP contribution in [0.5, 0.6) is 0 Å². The summed E-state index contributed by atoms with van der Waals surface area (Å²) < 4.78 is 14.3. The van der Waals surface area contributed by atoms with Crippen LogP contribution in [0.2, 0.25) is 0 Å². The second kappa shape index (κ2) is 8.25. The van der Waals surface area contributed by atoms with Crippen molar-refractivity contribution in [3.63, 3.8) is 0 Å². The van der Waals surface area contributed by atoms with E-state index in [2.05, 4.69) is 61.0 Å². The van der Waals surface area contributed by atoms with E-state index in [1.165, 1.54) is 6.07 Å². The first-order valence-corrected chi connectivity index (χ1v) is 8.49. The van der Waals surface area contributed by atoms with Crippen molar-refractivity contribution >= 4 is 15.9 Å². The van der Waals surface area contributed by atoms with Gasteiger partial charge < -0.3 is 10.2 Å². The number of rotatable bonds is 8. The molecule has 1 aromatic carbocycles. The smallest absolute Gasteiger partial charge is 0.137 e. The molecule has 0 aliphatic rings. The van der Waals surface area contributed by atoms with E-state index in [-0.39, 0.29) is 17.4 Å². The average Bonchev–Trinajstić information content (AvgIpc) is 2.46. The van der Waals surface area contributed by atoms with Gasteiger partial charge in [0.2, 0.25) is 0 Å². The van der Waals surface area contributed by atoms with Gasteiger partial charge in [-0.25, -0.2) is 4.39 Å². The molecule has 2 unspecified atom stereocenters. The minimum absolute atomic E-state index is 0.0287. The van der Waals surface area contributed by atoms with Gasteiger partial charge >= 0.3 is 0 Å². The molecule has 1 rings (SSSR count). The first kappa shape index (κ1) is 18.6. The summed E-state index contributed by atoms with van der Waals surface area (Å²) in [6.07, 6.45) is 2.93. The minimum Gasteiger partial charge on any atom is -0.312 e. The quantitative estimate of drug-likeness (QED) is 0.747. The second-order valence-corrected chi connectivity index (χ2v) is 6.82. The Kier molecular flexibility index (Phi) is 7.31. The van der Waals surface area contributed by atoms with E-state index >= 15 is 0 Å². The van der Waals surface area contributed by atoms with Crippen LogP contribution >= 0.6 is 15.9 Å². The van der Waals surface area contributed by atoms with Crippen LogP contribution in [0, 0.1) is 5.82 Å². The van der Waals surface area contributed by atoms with Gasteiger partial charge in [0.25, 0.3) is 0 Å². The Morgan fingerprint density at radius 1 is 1.33 bits per heavy atom. The Morgan fingerprint density at radius 2 is 2.00 bits per heavy atom. The van der Waals surface area contributed by atoms with Crippen molar-refractivity contribution in [3.05, 3.63) is 34.1 Å². The highest BCUT2D eigenvalue weighted by molar-refractivity contribution is 9.10. The van der Waals surface area contributed by atoms with Crippen LogP contribution in [0.25, 0.3) is 0 Å². The van der Waals surface area contributed by atoms with Crippen molar-refractivity contribution in [2.75, 3.05) is 20.6 Å². The zero-order valence-corrected chi connectivity index (χ0v) is 15.4. The zero-order chi connectivity index (χ0) is 16.0. The maximum absolute atomic E-state index is 13.7. The van der Waals surface area contributed by atoms with Crippen LogP contribution in [0.1, 0.15) is 39.2 Å². The molecule has 0 heterocycles. The van der Waals surface area contributed by atoms with Crippen LogP contribution in [-0.4, -0.2) is 37.1 Å². The topological polar surface area (TPSA) is 15.3 Å². The first-order valence-electron chi connectivity index (χ1n) is 7.70. The van der Waals surface area contributed by atoms with Crippen molar-refractivity contribution in [1.82, 2.24) is 10.2 Å². The number of hydrogen-bond acceptors (Lipinski definition) is 2. The van der Waals surface area contributed by atoms with E-state index < -0.39 is 0 Å². The molecule has 0 saturated carbocycles. The number of likely N-dealkylation sites (N-methyl/N-ethyl adjacent to an activating group) is 1. The fourth-order valence-corrected chi connectivity index (χ4v) is 3.06. The largest absolute Gasteiger partial charge is 0.312 e. The molecule has 2 atom stereocenters. The molecular formula is C17H28BrFN2. The standard InChI is InChI=1S/C17H28BrFN2/c1-6-11-20-15(17(3,7-2)21(4)5)12-13-9-8-10-14(19)16(13)18/h8-10,15,20H,6-7,11-12H2,1-5H3. The molecule has 0 saturated heterocycles. The molecule has 4 heteroatoms. The molecule has 0 radical (unpaired) electrons. The van der Waals surface area contributed by atoms with E-state index in [4.69, 9.17) is 0 Å². The number of nitrogens with zero attached hydrogens (tertiary/aromatic N) is 1. The van der Waals surface area contributed by atoms with Crippen LogP contribution in [0.3, 0.4) is 0 Å². The van der Waals surface area contributed by atoms with E-state index in [0.717, 1.165) is 31.4 Å². The highest BCUT2D eigenvalue weighted by Crippen LogP contribution is 2.28. The molecule has 2 nitrogen and oxygen atoms in total. The van der Waals surface area contributed by atoms with Crippen LogP contribution in [-0.2, 0) is 6.42 Å². The van der Waals surface area contributed by atoms with E-state index in [0.29, 0.717) is 4.47 Å². The number of nitrogens with one attached hydrogen (secondary N) is 1. The van der Waals surface area contributed by atoms with Gasteiger partial charge in [0.05, 0.1) is 4.47 Å². The number of benzene rings is 1. The highest BCUT2D eigenvalue weighted by atomic mass is 79.9. The molecule has 0 amide bonds. The maximum Gasteiger partial charge on any atom is 0.137 e. The van der Waals surface area contributed by atoms with E-state index in [9.17, 15) is 4.39 Å². The van der Waals surface area contributed by atoms with E-state index in [1.807, 2.05) is 6.07 Å². The Morgan fingerprint density at radius 3 is 2.52 bits per heavy atom. The predicted octanol–water partition coefficient (Wildman–Crippen LogP) is 4.23. The summed E-state index contributed by atoms with van der Waals surface area (Å²) in [4.78, 5) is 2.27. The summed E-state index contributed by atoms with van der Waals surface area (Å²) >= 11 is 3.39. The maximum atomic E-state index is 13.7. The Hall–Kier alpha value is -0.450. The fourth-order valence-electron chi connectivity index (χ4n) is 2.63. The van der Waals surface area contributed by atoms with Crippen LogP contribution < -0.4 is 5.32 Å². The average molecular weight is 359 g/mol. The monoisotopic (exact) mass is 358 g/mol. The van der Waals surface area contributed by atoms with Crippen molar-refractivity contribution in [3.8, 4) is 0 Å². The van der Waals surface area contributed by atoms with Crippen LogP contribution in [0.4, 0.5) is 4.39 Å². The van der Waals surface area contributed by atoms with Gasteiger partial charge in [0.1, 0.15) is 5.82 Å². The SMILES string of the molecule is CCCNC(Cc1cccc(F)c1Br)C(C)(CC)N(C)C. The lowest BCUT2D eigenvalue weighted by molar-refractivity contribution is 0.112. The molecule has 0 bridgehead atoms. The second-order valence-electron chi connectivity index (χ2n) is 6.03. The van der Waals surface area contributed by atoms with Crippen LogP contribution in [0.15, 0.2) is 22.7 Å². The molecule has 0 aliphatic carbocycles. The molecule has 0 aliphatic heterocycles. The molecule has 21 heavy (non-hydrogen) atoms. The summed E-state index contributed by atoms with van der Waals surface area (Å²) in [6, 6.07) is 5.55. The van der Waals surface area contributed by atoms with Gasteiger partial charge in [-0.3, -0.25) is 0 Å². The lowest BCUT2D eigenvalue weighted by atomic mass is 9.84. The summed E-state index contributed by atoms with van der Waals surface area (Å²) in [5.74, 6) is -0.190. The summed E-state index contributed by atoms with van der Waals surface area (Å²) in [5.41, 5.74) is 1.05. The van der Waals surface area contributed by atoms with Crippen molar-refractivity contribution in [2.45, 2.75) is 51.6 Å². The predicted molar refractivity (Wildman–Crippen MR) is 92.3 cm³/mol. The molecule has 1 aromatic rings. The van der Waals surface area contributed by atoms with Gasteiger partial charge in [-0.05, 0) is 74.4 Å². The third-order valence-electron chi connectivity index (χ3n) is 4.58. The highest BCUT2D eigenvalue weighted by Gasteiger charge is 2.34. The fraction of sp³-hybridized carbons (Fsp3) is 0.647. The lowest BCUT2D eigenvalue weighted by Gasteiger charge is -2.43. The molecule has 120 valence electrons. The third-order valence-corrected chi connectivity index (χ3v) is 5.47. The normalized spacial score (nSPS) is 16.0. The van der Waals surface area contributed by atoms with Crippen molar-refractivity contribution in [2.24, 2.45) is 0 Å². The van der Waals surface area contributed by atoms with Gasteiger partial charge in [0.15, 0.2) is 0 Å². The number of halogens is 2. The van der Waals surface area contributed by atoms with Gasteiger partial charge in [0, 0.05) is 11.6 Å². The minimum atomic E-state index is -0.190. The molecule has 0 spiro atoms. The molecule has 1 N–H and O–H groups in total. The third kappa shape index (κ3) is 4.51. The summed E-state index contributed by atoms with van der Waals surface area (Å²) in [5, 5.41) is 3.65. The lowest BCUT2D eigenvalue weighted by Crippen LogP contribution is -2.58. The Balaban J connectivity index is 3.05. The van der Waals surface area contributed by atoms with Gasteiger partial charge in [-0.15, -0.1) is 0 Å². The molecule has 0 aromatic heterocycles. The molecule has 0 fully saturated rings. The first-order chi connectivity index (χ1) is 9.86. The molecular weight excluding hydrogens is 331 g/mol. The van der Waals surface area contributed by atoms with E-state index in [1.54, 1.807) is 6.07 Å². The van der Waals surface area contributed by atoms with Gasteiger partial charge in [-0.2, -0.15) is 0 Å². The Bertz CT molecular complexity index is 450. The summed E-state index contributed by atoms with van der Waals surface area (Å²) in [7, 11) is 4.23.